The fourth-order valence-electron chi connectivity index (χ4n) is 2.38. The average molecular weight is 346 g/mol. The number of benzene rings is 1. The molecule has 24 heavy (non-hydrogen) atoms. The Morgan fingerprint density at radius 3 is 2.71 bits per heavy atom. The predicted octanol–water partition coefficient (Wildman–Crippen LogP) is 0.765. The van der Waals surface area contributed by atoms with Gasteiger partial charge in [0.25, 0.3) is 11.3 Å². The first-order chi connectivity index (χ1) is 11.3. The molecule has 0 bridgehead atoms. The number of amides is 1. The minimum atomic E-state index is -0.340. The predicted molar refractivity (Wildman–Crippen MR) is 93.5 cm³/mol. The number of thioether (sulfide) groups is 1. The normalized spacial score (nSPS) is 12.0. The number of nitrogen functional groups attached to an aromatic ring is 1. The van der Waals surface area contributed by atoms with E-state index in [0.717, 1.165) is 4.68 Å². The van der Waals surface area contributed by atoms with Crippen molar-refractivity contribution >= 4 is 34.3 Å². The Morgan fingerprint density at radius 2 is 2.00 bits per heavy atom. The zero-order chi connectivity index (χ0) is 17.5. The molecular weight excluding hydrogens is 328 g/mol. The molecule has 0 unspecified atom stereocenters. The summed E-state index contributed by atoms with van der Waals surface area (Å²) in [6.45, 7) is 5.76. The van der Waals surface area contributed by atoms with Gasteiger partial charge in [-0.2, -0.15) is 4.68 Å². The molecule has 0 saturated carbocycles. The molecule has 2 aromatic heterocycles. The molecule has 0 atom stereocenters. The molecule has 1 amide bonds. The summed E-state index contributed by atoms with van der Waals surface area (Å²) in [7, 11) is 0. The van der Waals surface area contributed by atoms with Crippen LogP contribution in [0.3, 0.4) is 0 Å². The largest absolute Gasteiger partial charge is 0.351 e. The molecule has 8 nitrogen and oxygen atoms in total. The topological polar surface area (TPSA) is 107 Å². The van der Waals surface area contributed by atoms with Gasteiger partial charge in [0.2, 0.25) is 5.91 Å². The van der Waals surface area contributed by atoms with Crippen molar-refractivity contribution in [3.63, 3.8) is 0 Å². The van der Waals surface area contributed by atoms with Crippen LogP contribution in [-0.4, -0.2) is 36.5 Å². The first kappa shape index (κ1) is 16.3. The van der Waals surface area contributed by atoms with E-state index in [-0.39, 0.29) is 28.5 Å². The maximum absolute atomic E-state index is 12.3. The lowest BCUT2D eigenvalue weighted by molar-refractivity contribution is -0.119. The van der Waals surface area contributed by atoms with Crippen LogP contribution >= 0.6 is 11.8 Å². The smallest absolute Gasteiger partial charge is 0.281 e. The Kier molecular flexibility index (Phi) is 3.96. The van der Waals surface area contributed by atoms with E-state index in [0.29, 0.717) is 16.1 Å². The molecule has 9 heteroatoms. The van der Waals surface area contributed by atoms with Gasteiger partial charge in [-0.05, 0) is 32.9 Å². The van der Waals surface area contributed by atoms with Crippen LogP contribution < -0.4 is 16.7 Å². The van der Waals surface area contributed by atoms with Crippen molar-refractivity contribution in [2.45, 2.75) is 31.5 Å². The van der Waals surface area contributed by atoms with E-state index < -0.39 is 0 Å². The number of nitrogens with zero attached hydrogens (tertiary/aromatic N) is 4. The van der Waals surface area contributed by atoms with Crippen molar-refractivity contribution in [3.05, 3.63) is 34.6 Å². The standard InChI is InChI=1S/C15H18N6O2S/c1-15(2,3)17-11(22)8-24-14-19-18-13-20(14)10-7-5-4-6-9(10)12(23)21(13)16/h4-7H,8,16H2,1-3H3,(H,17,22). The van der Waals surface area contributed by atoms with Crippen LogP contribution in [0.4, 0.5) is 0 Å². The lowest BCUT2D eigenvalue weighted by Crippen LogP contribution is -2.41. The maximum atomic E-state index is 12.3. The van der Waals surface area contributed by atoms with Gasteiger partial charge < -0.3 is 11.2 Å². The zero-order valence-corrected chi connectivity index (χ0v) is 14.4. The molecule has 0 fully saturated rings. The van der Waals surface area contributed by atoms with Gasteiger partial charge in [0.1, 0.15) is 0 Å². The van der Waals surface area contributed by atoms with Crippen molar-refractivity contribution in [1.82, 2.24) is 24.6 Å². The number of para-hydroxylation sites is 1. The molecule has 0 aliphatic heterocycles. The number of carbonyl (C=O) groups excluding carboxylic acids is 1. The summed E-state index contributed by atoms with van der Waals surface area (Å²) in [6.07, 6.45) is 0. The molecule has 3 rings (SSSR count). The summed E-state index contributed by atoms with van der Waals surface area (Å²) in [5, 5.41) is 11.9. The summed E-state index contributed by atoms with van der Waals surface area (Å²) in [4.78, 5) is 24.3. The van der Waals surface area contributed by atoms with Crippen molar-refractivity contribution in [2.24, 2.45) is 0 Å². The monoisotopic (exact) mass is 346 g/mol. The average Bonchev–Trinajstić information content (AvgIpc) is 2.93. The molecule has 126 valence electrons. The second-order valence-electron chi connectivity index (χ2n) is 6.40. The summed E-state index contributed by atoms with van der Waals surface area (Å²) in [5.74, 6) is 6.15. The van der Waals surface area contributed by atoms with Crippen LogP contribution in [0.1, 0.15) is 20.8 Å². The van der Waals surface area contributed by atoms with Gasteiger partial charge in [-0.25, -0.2) is 0 Å². The van der Waals surface area contributed by atoms with E-state index in [1.165, 1.54) is 11.8 Å². The zero-order valence-electron chi connectivity index (χ0n) is 13.6. The number of nitrogens with one attached hydrogen (secondary N) is 1. The number of hydrogen-bond acceptors (Lipinski definition) is 6. The Bertz CT molecular complexity index is 985. The molecule has 0 aliphatic carbocycles. The third-order valence-electron chi connectivity index (χ3n) is 3.27. The van der Waals surface area contributed by atoms with Crippen molar-refractivity contribution in [2.75, 3.05) is 11.6 Å². The molecule has 0 spiro atoms. The number of rotatable bonds is 3. The highest BCUT2D eigenvalue weighted by molar-refractivity contribution is 7.99. The summed E-state index contributed by atoms with van der Waals surface area (Å²) < 4.78 is 2.65. The molecule has 0 aliphatic rings. The Balaban J connectivity index is 2.02. The number of nitrogens with two attached hydrogens (primary N) is 1. The van der Waals surface area contributed by atoms with Crippen molar-refractivity contribution in [3.8, 4) is 0 Å². The minimum absolute atomic E-state index is 0.102. The van der Waals surface area contributed by atoms with E-state index in [1.807, 2.05) is 26.8 Å². The Labute approximate surface area is 142 Å². The van der Waals surface area contributed by atoms with Crippen LogP contribution in [0, 0.1) is 0 Å². The van der Waals surface area contributed by atoms with E-state index in [1.54, 1.807) is 22.6 Å². The lowest BCUT2D eigenvalue weighted by Gasteiger charge is -2.20. The van der Waals surface area contributed by atoms with E-state index in [4.69, 9.17) is 5.84 Å². The van der Waals surface area contributed by atoms with E-state index >= 15 is 0 Å². The maximum Gasteiger partial charge on any atom is 0.281 e. The molecule has 0 radical (unpaired) electrons. The Hall–Kier alpha value is -2.55. The van der Waals surface area contributed by atoms with Crippen LogP contribution in [0.25, 0.3) is 16.7 Å². The molecule has 3 aromatic rings. The number of fused-ring (bicyclic) bond motifs is 3. The molecule has 3 N–H and O–H groups in total. The minimum Gasteiger partial charge on any atom is -0.351 e. The van der Waals surface area contributed by atoms with Crippen molar-refractivity contribution < 1.29 is 4.79 Å². The highest BCUT2D eigenvalue weighted by atomic mass is 32.2. The summed E-state index contributed by atoms with van der Waals surface area (Å²) in [6, 6.07) is 7.08. The molecular formula is C15H18N6O2S. The third-order valence-corrected chi connectivity index (χ3v) is 4.20. The van der Waals surface area contributed by atoms with E-state index in [2.05, 4.69) is 15.5 Å². The fraction of sp³-hybridized carbons (Fsp3) is 0.333. The molecule has 2 heterocycles. The van der Waals surface area contributed by atoms with Gasteiger partial charge >= 0.3 is 0 Å². The van der Waals surface area contributed by atoms with Crippen LogP contribution in [0.5, 0.6) is 0 Å². The number of hydrogen-bond donors (Lipinski definition) is 2. The van der Waals surface area contributed by atoms with Crippen LogP contribution in [0.15, 0.2) is 34.2 Å². The highest BCUT2D eigenvalue weighted by Crippen LogP contribution is 2.20. The van der Waals surface area contributed by atoms with Gasteiger partial charge in [0.05, 0.1) is 16.7 Å². The highest BCUT2D eigenvalue weighted by Gasteiger charge is 2.18. The van der Waals surface area contributed by atoms with Gasteiger partial charge in [0.15, 0.2) is 5.16 Å². The van der Waals surface area contributed by atoms with Gasteiger partial charge in [-0.15, -0.1) is 10.2 Å². The lowest BCUT2D eigenvalue weighted by atomic mass is 10.1. The second kappa shape index (κ2) is 5.82. The van der Waals surface area contributed by atoms with Crippen LogP contribution in [-0.2, 0) is 4.79 Å². The van der Waals surface area contributed by atoms with Crippen LogP contribution in [0.2, 0.25) is 0 Å². The summed E-state index contributed by atoms with van der Waals surface area (Å²) in [5.41, 5.74) is 0.0186. The first-order valence-corrected chi connectivity index (χ1v) is 8.34. The quantitative estimate of drug-likeness (QED) is 0.536. The van der Waals surface area contributed by atoms with Gasteiger partial charge in [0, 0.05) is 5.54 Å². The van der Waals surface area contributed by atoms with Crippen molar-refractivity contribution in [1.29, 1.82) is 0 Å². The second-order valence-corrected chi connectivity index (χ2v) is 7.34. The SMILES string of the molecule is CC(C)(C)NC(=O)CSc1nnc2n(N)c(=O)c3ccccc3n12. The Morgan fingerprint density at radius 1 is 1.29 bits per heavy atom. The van der Waals surface area contributed by atoms with Gasteiger partial charge in [-0.1, -0.05) is 23.9 Å². The first-order valence-electron chi connectivity index (χ1n) is 7.36. The van der Waals surface area contributed by atoms with Gasteiger partial charge in [-0.3, -0.25) is 14.0 Å². The summed E-state index contributed by atoms with van der Waals surface area (Å²) >= 11 is 1.24. The fourth-order valence-corrected chi connectivity index (χ4v) is 3.12. The number of carbonyl (C=O) groups is 1. The third kappa shape index (κ3) is 2.94. The molecule has 0 saturated heterocycles. The van der Waals surface area contributed by atoms with E-state index in [9.17, 15) is 9.59 Å². The molecule has 1 aromatic carbocycles. The number of aromatic nitrogens is 4.